The van der Waals surface area contributed by atoms with Crippen molar-refractivity contribution < 1.29 is 4.79 Å². The fraction of sp³-hybridized carbons (Fsp3) is 0.235. The maximum atomic E-state index is 12.0. The number of halogens is 2. The Hall–Kier alpha value is -1.51. The van der Waals surface area contributed by atoms with Crippen molar-refractivity contribution in [2.75, 3.05) is 0 Å². The van der Waals surface area contributed by atoms with Gasteiger partial charge >= 0.3 is 0 Å². The summed E-state index contributed by atoms with van der Waals surface area (Å²) in [6.45, 7) is 1.95. The van der Waals surface area contributed by atoms with Crippen LogP contribution in [0.5, 0.6) is 0 Å². The van der Waals surface area contributed by atoms with Gasteiger partial charge in [0.25, 0.3) is 0 Å². The van der Waals surface area contributed by atoms with Gasteiger partial charge in [-0.25, -0.2) is 0 Å². The molecule has 1 N–H and O–H groups in total. The minimum atomic E-state index is -0.0597. The van der Waals surface area contributed by atoms with E-state index in [9.17, 15) is 4.79 Å². The zero-order valence-corrected chi connectivity index (χ0v) is 13.3. The molecule has 2 aromatic rings. The third-order valence-corrected chi connectivity index (χ3v) is 3.73. The van der Waals surface area contributed by atoms with Crippen LogP contribution in [0, 0.1) is 0 Å². The Morgan fingerprint density at radius 1 is 1.10 bits per heavy atom. The van der Waals surface area contributed by atoms with Crippen molar-refractivity contribution in [2.45, 2.75) is 25.8 Å². The van der Waals surface area contributed by atoms with Crippen LogP contribution in [0.25, 0.3) is 0 Å². The quantitative estimate of drug-likeness (QED) is 0.841. The molecule has 0 radical (unpaired) electrons. The Morgan fingerprint density at radius 2 is 1.76 bits per heavy atom. The number of rotatable bonds is 5. The lowest BCUT2D eigenvalue weighted by molar-refractivity contribution is -0.121. The van der Waals surface area contributed by atoms with Crippen molar-refractivity contribution in [1.29, 1.82) is 0 Å². The van der Waals surface area contributed by atoms with Gasteiger partial charge < -0.3 is 5.32 Å². The summed E-state index contributed by atoms with van der Waals surface area (Å²) >= 11 is 11.9. The van der Waals surface area contributed by atoms with Gasteiger partial charge in [0.15, 0.2) is 0 Å². The van der Waals surface area contributed by atoms with E-state index in [2.05, 4.69) is 5.32 Å². The second kappa shape index (κ2) is 7.48. The lowest BCUT2D eigenvalue weighted by Gasteiger charge is -2.14. The molecule has 2 rings (SSSR count). The van der Waals surface area contributed by atoms with Crippen LogP contribution in [0.3, 0.4) is 0 Å². The molecular formula is C17H17Cl2NO. The summed E-state index contributed by atoms with van der Waals surface area (Å²) in [5.41, 5.74) is 2.06. The average Bonchev–Trinajstić information content (AvgIpc) is 2.45. The number of amides is 1. The summed E-state index contributed by atoms with van der Waals surface area (Å²) in [4.78, 5) is 12.0. The molecule has 110 valence electrons. The molecule has 21 heavy (non-hydrogen) atoms. The molecule has 2 aromatic carbocycles. The third-order valence-electron chi connectivity index (χ3n) is 3.26. The lowest BCUT2D eigenvalue weighted by Crippen LogP contribution is -2.26. The Morgan fingerprint density at radius 3 is 2.43 bits per heavy atom. The smallest absolute Gasteiger partial charge is 0.220 e. The Labute approximate surface area is 135 Å². The van der Waals surface area contributed by atoms with Gasteiger partial charge in [-0.05, 0) is 48.7 Å². The highest BCUT2D eigenvalue weighted by Gasteiger charge is 2.10. The number of nitrogens with one attached hydrogen (secondary N) is 1. The summed E-state index contributed by atoms with van der Waals surface area (Å²) in [6.07, 6.45) is 1.11. The van der Waals surface area contributed by atoms with Crippen LogP contribution in [0.1, 0.15) is 30.5 Å². The number of benzene rings is 2. The molecule has 0 aliphatic carbocycles. The van der Waals surface area contributed by atoms with Crippen LogP contribution >= 0.6 is 23.2 Å². The summed E-state index contributed by atoms with van der Waals surface area (Å²) in [6, 6.07) is 15.0. The molecule has 1 atom stereocenters. The van der Waals surface area contributed by atoms with Gasteiger partial charge in [0.05, 0.1) is 6.04 Å². The van der Waals surface area contributed by atoms with E-state index in [1.54, 1.807) is 0 Å². The van der Waals surface area contributed by atoms with Gasteiger partial charge in [-0.2, -0.15) is 0 Å². The van der Waals surface area contributed by atoms with Crippen molar-refractivity contribution in [2.24, 2.45) is 0 Å². The molecule has 1 unspecified atom stereocenters. The van der Waals surface area contributed by atoms with Crippen molar-refractivity contribution in [1.82, 2.24) is 5.32 Å². The van der Waals surface area contributed by atoms with E-state index in [1.165, 1.54) is 0 Å². The van der Waals surface area contributed by atoms with E-state index >= 15 is 0 Å². The number of carbonyl (C=O) groups is 1. The summed E-state index contributed by atoms with van der Waals surface area (Å²) in [5.74, 6) is 0.0162. The largest absolute Gasteiger partial charge is 0.350 e. The molecule has 0 fully saturated rings. The molecule has 0 heterocycles. The zero-order chi connectivity index (χ0) is 15.2. The fourth-order valence-electron chi connectivity index (χ4n) is 2.12. The SMILES string of the molecule is CC(NC(=O)CCc1cccc(Cl)c1)c1cccc(Cl)c1. The first-order valence-corrected chi connectivity index (χ1v) is 7.59. The third kappa shape index (κ3) is 5.07. The first kappa shape index (κ1) is 15.9. The Balaban J connectivity index is 1.87. The van der Waals surface area contributed by atoms with Gasteiger partial charge in [-0.3, -0.25) is 4.79 Å². The van der Waals surface area contributed by atoms with Crippen molar-refractivity contribution in [3.8, 4) is 0 Å². The van der Waals surface area contributed by atoms with Crippen LogP contribution in [0.4, 0.5) is 0 Å². The monoisotopic (exact) mass is 321 g/mol. The fourth-order valence-corrected chi connectivity index (χ4v) is 2.53. The lowest BCUT2D eigenvalue weighted by atomic mass is 10.1. The number of carbonyl (C=O) groups excluding carboxylic acids is 1. The summed E-state index contributed by atoms with van der Waals surface area (Å²) in [5, 5.41) is 4.35. The summed E-state index contributed by atoms with van der Waals surface area (Å²) < 4.78 is 0. The predicted octanol–water partition coefficient (Wildman–Crippen LogP) is 4.80. The van der Waals surface area contributed by atoms with Gasteiger partial charge in [0.1, 0.15) is 0 Å². The highest BCUT2D eigenvalue weighted by Crippen LogP contribution is 2.18. The van der Waals surface area contributed by atoms with Crippen molar-refractivity contribution >= 4 is 29.1 Å². The zero-order valence-electron chi connectivity index (χ0n) is 11.8. The maximum absolute atomic E-state index is 12.0. The second-order valence-corrected chi connectivity index (χ2v) is 5.85. The molecule has 0 aliphatic heterocycles. The molecule has 4 heteroatoms. The van der Waals surface area contributed by atoms with Crippen LogP contribution in [-0.2, 0) is 11.2 Å². The minimum absolute atomic E-state index is 0.0162. The highest BCUT2D eigenvalue weighted by molar-refractivity contribution is 6.30. The number of hydrogen-bond acceptors (Lipinski definition) is 1. The van der Waals surface area contributed by atoms with Gasteiger partial charge in [0.2, 0.25) is 5.91 Å². The van der Waals surface area contributed by atoms with E-state index in [-0.39, 0.29) is 11.9 Å². The molecule has 0 saturated heterocycles. The van der Waals surface area contributed by atoms with Gasteiger partial charge in [0, 0.05) is 16.5 Å². The van der Waals surface area contributed by atoms with Crippen LogP contribution in [0.15, 0.2) is 48.5 Å². The van der Waals surface area contributed by atoms with E-state index in [1.807, 2.05) is 55.5 Å². The maximum Gasteiger partial charge on any atom is 0.220 e. The van der Waals surface area contributed by atoms with Gasteiger partial charge in [-0.1, -0.05) is 47.5 Å². The first-order chi connectivity index (χ1) is 10.0. The predicted molar refractivity (Wildman–Crippen MR) is 87.8 cm³/mol. The van der Waals surface area contributed by atoms with Crippen LogP contribution in [-0.4, -0.2) is 5.91 Å². The molecule has 0 saturated carbocycles. The Kier molecular flexibility index (Phi) is 5.66. The van der Waals surface area contributed by atoms with Crippen molar-refractivity contribution in [3.05, 3.63) is 69.7 Å². The van der Waals surface area contributed by atoms with Crippen molar-refractivity contribution in [3.63, 3.8) is 0 Å². The van der Waals surface area contributed by atoms with E-state index in [0.29, 0.717) is 22.9 Å². The minimum Gasteiger partial charge on any atom is -0.350 e. The molecular weight excluding hydrogens is 305 g/mol. The second-order valence-electron chi connectivity index (χ2n) is 4.97. The van der Waals surface area contributed by atoms with E-state index in [0.717, 1.165) is 11.1 Å². The van der Waals surface area contributed by atoms with Crippen LogP contribution in [0.2, 0.25) is 10.0 Å². The Bertz CT molecular complexity index is 628. The van der Waals surface area contributed by atoms with E-state index < -0.39 is 0 Å². The number of hydrogen-bond donors (Lipinski definition) is 1. The normalized spacial score (nSPS) is 12.0. The standard InChI is InChI=1S/C17H17Cl2NO/c1-12(14-5-3-7-16(19)11-14)20-17(21)9-8-13-4-2-6-15(18)10-13/h2-7,10-12H,8-9H2,1H3,(H,20,21). The highest BCUT2D eigenvalue weighted by atomic mass is 35.5. The topological polar surface area (TPSA) is 29.1 Å². The first-order valence-electron chi connectivity index (χ1n) is 6.84. The summed E-state index contributed by atoms with van der Waals surface area (Å²) in [7, 11) is 0. The molecule has 1 amide bonds. The van der Waals surface area contributed by atoms with Gasteiger partial charge in [-0.15, -0.1) is 0 Å². The van der Waals surface area contributed by atoms with Crippen LogP contribution < -0.4 is 5.32 Å². The number of aryl methyl sites for hydroxylation is 1. The average molecular weight is 322 g/mol. The molecule has 0 bridgehead atoms. The van der Waals surface area contributed by atoms with E-state index in [4.69, 9.17) is 23.2 Å². The molecule has 0 aromatic heterocycles. The molecule has 0 spiro atoms. The molecule has 2 nitrogen and oxygen atoms in total. The molecule has 0 aliphatic rings.